The maximum absolute atomic E-state index is 13.4. The lowest BCUT2D eigenvalue weighted by Gasteiger charge is -2.29. The van der Waals surface area contributed by atoms with Crippen LogP contribution in [0.4, 0.5) is 0 Å². The van der Waals surface area contributed by atoms with Gasteiger partial charge in [0, 0.05) is 23.5 Å². The number of pyridine rings is 2. The summed E-state index contributed by atoms with van der Waals surface area (Å²) in [6, 6.07) is 15.6. The maximum Gasteiger partial charge on any atom is 0.270 e. The van der Waals surface area contributed by atoms with E-state index in [2.05, 4.69) is 31.2 Å². The van der Waals surface area contributed by atoms with Crippen molar-refractivity contribution in [2.24, 2.45) is 11.8 Å². The minimum absolute atomic E-state index is 0.150. The van der Waals surface area contributed by atoms with Crippen molar-refractivity contribution in [2.75, 3.05) is 0 Å². The number of para-hydroxylation sites is 1. The Morgan fingerprint density at radius 3 is 2.35 bits per heavy atom. The summed E-state index contributed by atoms with van der Waals surface area (Å²) >= 11 is 0. The Labute approximate surface area is 284 Å². The highest BCUT2D eigenvalue weighted by Crippen LogP contribution is 2.29. The summed E-state index contributed by atoms with van der Waals surface area (Å²) in [6.07, 6.45) is 10.1. The SMILES string of the molecule is CC/C(C)=C(/NC(=O)[C@H](C)CC[C@H](CC1CCCCC1)NC(=O)[C@H](C)NC(=O)c1ccc2ccccc2n1)C(=O)NCc1ccccn1. The molecule has 2 heterocycles. The molecule has 10 heteroatoms. The number of carbonyl (C=O) groups is 4. The van der Waals surface area contributed by atoms with E-state index in [9.17, 15) is 19.2 Å². The molecule has 1 aromatic carbocycles. The fourth-order valence-electron chi connectivity index (χ4n) is 6.05. The van der Waals surface area contributed by atoms with Crippen LogP contribution in [0.3, 0.4) is 0 Å². The normalized spacial score (nSPS) is 15.8. The summed E-state index contributed by atoms with van der Waals surface area (Å²) in [6.45, 7) is 7.55. The summed E-state index contributed by atoms with van der Waals surface area (Å²) in [7, 11) is 0. The van der Waals surface area contributed by atoms with Crippen molar-refractivity contribution >= 4 is 34.5 Å². The topological polar surface area (TPSA) is 142 Å². The third kappa shape index (κ3) is 10.7. The van der Waals surface area contributed by atoms with Crippen LogP contribution in [0.25, 0.3) is 10.9 Å². The molecule has 4 amide bonds. The van der Waals surface area contributed by atoms with Gasteiger partial charge in [-0.05, 0) is 75.3 Å². The Morgan fingerprint density at radius 2 is 1.62 bits per heavy atom. The number of nitrogens with one attached hydrogen (secondary N) is 4. The van der Waals surface area contributed by atoms with Gasteiger partial charge in [-0.3, -0.25) is 24.2 Å². The van der Waals surface area contributed by atoms with Crippen molar-refractivity contribution < 1.29 is 19.2 Å². The first-order chi connectivity index (χ1) is 23.1. The molecule has 1 saturated carbocycles. The highest BCUT2D eigenvalue weighted by atomic mass is 16.2. The third-order valence-corrected chi connectivity index (χ3v) is 9.25. The minimum atomic E-state index is -0.769. The zero-order valence-corrected chi connectivity index (χ0v) is 28.7. The van der Waals surface area contributed by atoms with Gasteiger partial charge in [0.05, 0.1) is 17.8 Å². The second kappa shape index (κ2) is 18.1. The van der Waals surface area contributed by atoms with Crippen molar-refractivity contribution in [1.29, 1.82) is 0 Å². The monoisotopic (exact) mass is 654 g/mol. The average Bonchev–Trinajstić information content (AvgIpc) is 3.11. The van der Waals surface area contributed by atoms with Gasteiger partial charge in [-0.2, -0.15) is 0 Å². The molecule has 1 fully saturated rings. The van der Waals surface area contributed by atoms with Crippen molar-refractivity contribution in [2.45, 2.75) is 104 Å². The number of hydrogen-bond donors (Lipinski definition) is 4. The van der Waals surface area contributed by atoms with E-state index in [-0.39, 0.29) is 41.7 Å². The molecular formula is C38H50N6O4. The summed E-state index contributed by atoms with van der Waals surface area (Å²) in [5.74, 6) is -1.15. The van der Waals surface area contributed by atoms with E-state index in [1.807, 2.05) is 69.3 Å². The second-order valence-electron chi connectivity index (χ2n) is 13.0. The van der Waals surface area contributed by atoms with Gasteiger partial charge in [-0.15, -0.1) is 0 Å². The number of nitrogens with zero attached hydrogens (tertiary/aromatic N) is 2. The van der Waals surface area contributed by atoms with Crippen LogP contribution in [0.5, 0.6) is 0 Å². The van der Waals surface area contributed by atoms with Crippen LogP contribution < -0.4 is 21.3 Å². The van der Waals surface area contributed by atoms with Crippen LogP contribution in [-0.2, 0) is 20.9 Å². The van der Waals surface area contributed by atoms with Crippen LogP contribution in [0, 0.1) is 11.8 Å². The number of aromatic nitrogens is 2. The molecule has 4 rings (SSSR count). The van der Waals surface area contributed by atoms with E-state index in [0.717, 1.165) is 35.9 Å². The van der Waals surface area contributed by atoms with Crippen molar-refractivity contribution in [1.82, 2.24) is 31.2 Å². The van der Waals surface area contributed by atoms with Crippen LogP contribution in [0.2, 0.25) is 0 Å². The standard InChI is InChI=1S/C38H50N6O4/c1-5-25(2)34(38(48)40-24-31-16-11-12-22-39-31)44-35(45)26(3)18-20-30(23-28-13-7-6-8-14-28)42-36(46)27(4)41-37(47)33-21-19-29-15-9-10-17-32(29)43-33/h9-12,15-17,19,21-22,26-28,30H,5-8,13-14,18,20,23-24H2,1-4H3,(H,40,48)(H,41,47)(H,42,46)(H,44,45)/b34-25+/t26-,27+,30-/m1/s1. The van der Waals surface area contributed by atoms with Gasteiger partial charge >= 0.3 is 0 Å². The molecule has 1 aliphatic rings. The maximum atomic E-state index is 13.4. The Morgan fingerprint density at radius 1 is 0.875 bits per heavy atom. The highest BCUT2D eigenvalue weighted by Gasteiger charge is 2.26. The van der Waals surface area contributed by atoms with E-state index in [1.54, 1.807) is 19.2 Å². The number of amides is 4. The van der Waals surface area contributed by atoms with Gasteiger partial charge in [0.2, 0.25) is 11.8 Å². The number of hydrogen-bond acceptors (Lipinski definition) is 6. The van der Waals surface area contributed by atoms with Gasteiger partial charge in [-0.1, -0.05) is 76.3 Å². The summed E-state index contributed by atoms with van der Waals surface area (Å²) < 4.78 is 0. The van der Waals surface area contributed by atoms with E-state index in [0.29, 0.717) is 30.7 Å². The zero-order valence-electron chi connectivity index (χ0n) is 28.7. The predicted molar refractivity (Wildman–Crippen MR) is 187 cm³/mol. The summed E-state index contributed by atoms with van der Waals surface area (Å²) in [5, 5.41) is 12.7. The van der Waals surface area contributed by atoms with E-state index < -0.39 is 17.9 Å². The average molecular weight is 655 g/mol. The first-order valence-corrected chi connectivity index (χ1v) is 17.3. The number of rotatable bonds is 15. The molecule has 0 aliphatic heterocycles. The highest BCUT2D eigenvalue weighted by molar-refractivity contribution is 5.99. The molecule has 4 N–H and O–H groups in total. The largest absolute Gasteiger partial charge is 0.352 e. The molecule has 3 aromatic rings. The molecule has 0 unspecified atom stereocenters. The van der Waals surface area contributed by atoms with Gasteiger partial charge in [-0.25, -0.2) is 4.98 Å². The summed E-state index contributed by atoms with van der Waals surface area (Å²) in [5.41, 5.74) is 2.74. The van der Waals surface area contributed by atoms with Gasteiger partial charge in [0.25, 0.3) is 11.8 Å². The van der Waals surface area contributed by atoms with Crippen LogP contribution in [0.1, 0.15) is 102 Å². The Hall–Kier alpha value is -4.60. The van der Waals surface area contributed by atoms with E-state index in [1.165, 1.54) is 19.3 Å². The van der Waals surface area contributed by atoms with Crippen LogP contribution >= 0.6 is 0 Å². The van der Waals surface area contributed by atoms with Gasteiger partial charge in [0.15, 0.2) is 0 Å². The molecule has 0 bridgehead atoms. The third-order valence-electron chi connectivity index (χ3n) is 9.25. The molecule has 1 aliphatic carbocycles. The number of carbonyl (C=O) groups excluding carboxylic acids is 4. The van der Waals surface area contributed by atoms with Crippen LogP contribution in [0.15, 0.2) is 72.1 Å². The molecule has 0 radical (unpaired) electrons. The van der Waals surface area contributed by atoms with Crippen molar-refractivity contribution in [3.05, 3.63) is 83.5 Å². The Bertz CT molecular complexity index is 1580. The molecule has 0 spiro atoms. The van der Waals surface area contributed by atoms with Crippen molar-refractivity contribution in [3.63, 3.8) is 0 Å². The quantitative estimate of drug-likeness (QED) is 0.154. The number of allylic oxidation sites excluding steroid dienone is 1. The molecule has 48 heavy (non-hydrogen) atoms. The lowest BCUT2D eigenvalue weighted by Crippen LogP contribution is -2.49. The molecule has 0 saturated heterocycles. The van der Waals surface area contributed by atoms with E-state index >= 15 is 0 Å². The summed E-state index contributed by atoms with van der Waals surface area (Å²) in [4.78, 5) is 61.5. The lowest BCUT2D eigenvalue weighted by molar-refractivity contribution is -0.126. The van der Waals surface area contributed by atoms with Crippen molar-refractivity contribution in [3.8, 4) is 0 Å². The Kier molecular flexibility index (Phi) is 13.6. The van der Waals surface area contributed by atoms with Gasteiger partial charge in [0.1, 0.15) is 17.4 Å². The molecule has 2 aromatic heterocycles. The smallest absolute Gasteiger partial charge is 0.270 e. The first kappa shape index (κ1) is 36.2. The fourth-order valence-corrected chi connectivity index (χ4v) is 6.05. The minimum Gasteiger partial charge on any atom is -0.352 e. The molecule has 10 nitrogen and oxygen atoms in total. The molecule has 3 atom stereocenters. The van der Waals surface area contributed by atoms with E-state index in [4.69, 9.17) is 0 Å². The Balaban J connectivity index is 1.35. The predicted octanol–water partition coefficient (Wildman–Crippen LogP) is 5.74. The zero-order chi connectivity index (χ0) is 34.5. The number of fused-ring (bicyclic) bond motifs is 1. The number of benzene rings is 1. The molecule has 256 valence electrons. The first-order valence-electron chi connectivity index (χ1n) is 17.3. The second-order valence-corrected chi connectivity index (χ2v) is 13.0. The fraction of sp³-hybridized carbons (Fsp3) is 0.474. The van der Waals surface area contributed by atoms with Crippen LogP contribution in [-0.4, -0.2) is 45.7 Å². The lowest BCUT2D eigenvalue weighted by atomic mass is 9.83. The molecular weight excluding hydrogens is 604 g/mol. The van der Waals surface area contributed by atoms with Gasteiger partial charge < -0.3 is 21.3 Å².